The zero-order valence-electron chi connectivity index (χ0n) is 11.9. The van der Waals surface area contributed by atoms with Crippen LogP contribution in [-0.4, -0.2) is 31.9 Å². The van der Waals surface area contributed by atoms with E-state index in [9.17, 15) is 4.79 Å². The van der Waals surface area contributed by atoms with Crippen molar-refractivity contribution in [1.82, 2.24) is 0 Å². The Kier molecular flexibility index (Phi) is 3.88. The first-order valence-corrected chi connectivity index (χ1v) is 6.38. The summed E-state index contributed by atoms with van der Waals surface area (Å²) < 4.78 is 10.6. The van der Waals surface area contributed by atoms with Gasteiger partial charge in [-0.2, -0.15) is 0 Å². The number of carbonyl (C=O) groups excluding carboxylic acids is 1. The highest BCUT2D eigenvalue weighted by molar-refractivity contribution is 6.09. The van der Waals surface area contributed by atoms with E-state index in [-0.39, 0.29) is 12.2 Å². The van der Waals surface area contributed by atoms with Crippen molar-refractivity contribution >= 4 is 11.7 Å². The van der Waals surface area contributed by atoms with Gasteiger partial charge in [-0.05, 0) is 43.5 Å². The Hall–Kier alpha value is -1.84. The molecule has 4 heteroatoms. The molecule has 4 nitrogen and oxygen atoms in total. The number of methoxy groups -OCH3 is 1. The molecule has 0 aliphatic carbocycles. The lowest BCUT2D eigenvalue weighted by molar-refractivity contribution is 0.0993. The summed E-state index contributed by atoms with van der Waals surface area (Å²) >= 11 is 0. The van der Waals surface area contributed by atoms with Gasteiger partial charge in [0, 0.05) is 5.56 Å². The lowest BCUT2D eigenvalue weighted by Gasteiger charge is -2.15. The summed E-state index contributed by atoms with van der Waals surface area (Å²) in [6.45, 7) is 7.09. The minimum Gasteiger partial charge on any atom is -0.496 e. The molecule has 19 heavy (non-hydrogen) atoms. The second-order valence-electron chi connectivity index (χ2n) is 4.74. The summed E-state index contributed by atoms with van der Waals surface area (Å²) in [4.78, 5) is 16.6. The number of ketones is 1. The van der Waals surface area contributed by atoms with Crippen molar-refractivity contribution in [3.8, 4) is 5.75 Å². The normalized spacial score (nSPS) is 14.0. The Labute approximate surface area is 113 Å². The summed E-state index contributed by atoms with van der Waals surface area (Å²) in [6.07, 6.45) is 0.244. The van der Waals surface area contributed by atoms with Crippen molar-refractivity contribution in [2.24, 2.45) is 4.99 Å². The number of carbonyl (C=O) groups is 1. The minimum atomic E-state index is 0.0569. The molecule has 0 amide bonds. The van der Waals surface area contributed by atoms with Gasteiger partial charge in [-0.15, -0.1) is 0 Å². The van der Waals surface area contributed by atoms with E-state index in [0.29, 0.717) is 19.0 Å². The summed E-state index contributed by atoms with van der Waals surface area (Å²) in [5.74, 6) is 1.43. The van der Waals surface area contributed by atoms with Crippen LogP contribution < -0.4 is 4.74 Å². The summed E-state index contributed by atoms with van der Waals surface area (Å²) in [6, 6.07) is 1.91. The average Bonchev–Trinajstić information content (AvgIpc) is 2.86. The molecule has 1 heterocycles. The number of aliphatic imine (C=N–C) groups is 1. The van der Waals surface area contributed by atoms with Gasteiger partial charge in [-0.25, -0.2) is 0 Å². The quantitative estimate of drug-likeness (QED) is 0.783. The van der Waals surface area contributed by atoms with Gasteiger partial charge in [0.15, 0.2) is 11.7 Å². The number of nitrogens with zero attached hydrogens (tertiary/aromatic N) is 1. The molecule has 0 radical (unpaired) electrons. The number of ether oxygens (including phenoxy) is 2. The number of hydrogen-bond donors (Lipinski definition) is 0. The molecule has 0 saturated carbocycles. The molecule has 0 bridgehead atoms. The monoisotopic (exact) mass is 261 g/mol. The highest BCUT2D eigenvalue weighted by Gasteiger charge is 2.20. The van der Waals surface area contributed by atoms with Crippen LogP contribution in [0.4, 0.5) is 0 Å². The molecule has 0 aromatic heterocycles. The summed E-state index contributed by atoms with van der Waals surface area (Å²) in [7, 11) is 1.64. The third kappa shape index (κ3) is 2.62. The van der Waals surface area contributed by atoms with Gasteiger partial charge >= 0.3 is 0 Å². The van der Waals surface area contributed by atoms with Gasteiger partial charge in [0.25, 0.3) is 0 Å². The Morgan fingerprint density at radius 1 is 1.37 bits per heavy atom. The van der Waals surface area contributed by atoms with E-state index in [1.165, 1.54) is 0 Å². The summed E-state index contributed by atoms with van der Waals surface area (Å²) in [5, 5.41) is 0. The fourth-order valence-electron chi connectivity index (χ4n) is 2.40. The van der Waals surface area contributed by atoms with Crippen LogP contribution in [0.15, 0.2) is 11.1 Å². The molecule has 0 atom stereocenters. The fourth-order valence-corrected chi connectivity index (χ4v) is 2.40. The second-order valence-corrected chi connectivity index (χ2v) is 4.74. The van der Waals surface area contributed by atoms with Crippen molar-refractivity contribution in [1.29, 1.82) is 0 Å². The van der Waals surface area contributed by atoms with Crippen LogP contribution in [0.25, 0.3) is 0 Å². The molecule has 0 N–H and O–H groups in total. The number of Topliss-reactive ketones (excluding diaryl/α,β-unsaturated/α-hetero) is 1. The Balaban J connectivity index is 2.33. The van der Waals surface area contributed by atoms with E-state index in [2.05, 4.69) is 4.99 Å². The third-order valence-electron chi connectivity index (χ3n) is 3.51. The molecule has 0 saturated heterocycles. The number of aryl methyl sites for hydroxylation is 1. The lowest BCUT2D eigenvalue weighted by atomic mass is 9.93. The predicted molar refractivity (Wildman–Crippen MR) is 74.4 cm³/mol. The van der Waals surface area contributed by atoms with Crippen LogP contribution in [0.5, 0.6) is 5.75 Å². The van der Waals surface area contributed by atoms with Crippen molar-refractivity contribution in [3.05, 3.63) is 28.3 Å². The van der Waals surface area contributed by atoms with E-state index in [1.54, 1.807) is 7.11 Å². The maximum Gasteiger partial charge on any atom is 0.191 e. The molecule has 0 unspecified atom stereocenters. The van der Waals surface area contributed by atoms with Gasteiger partial charge < -0.3 is 9.47 Å². The molecule has 1 aromatic carbocycles. The Morgan fingerprint density at radius 2 is 2.11 bits per heavy atom. The molecule has 1 aliphatic heterocycles. The number of benzene rings is 1. The number of rotatable bonds is 4. The van der Waals surface area contributed by atoms with Crippen LogP contribution in [0.1, 0.15) is 33.5 Å². The standard InChI is InChI=1S/C15H19NO3/c1-9-7-13(18-4)10(2)11(3)15(9)12(17)8-14-16-5-6-19-14/h7H,5-6,8H2,1-4H3. The van der Waals surface area contributed by atoms with Crippen molar-refractivity contribution in [2.45, 2.75) is 27.2 Å². The third-order valence-corrected chi connectivity index (χ3v) is 3.51. The maximum atomic E-state index is 12.4. The first kappa shape index (κ1) is 13.6. The molecule has 102 valence electrons. The zero-order chi connectivity index (χ0) is 14.0. The topological polar surface area (TPSA) is 47.9 Å². The molecular formula is C15H19NO3. The first-order valence-electron chi connectivity index (χ1n) is 6.38. The number of hydrogen-bond acceptors (Lipinski definition) is 4. The fraction of sp³-hybridized carbons (Fsp3) is 0.467. The van der Waals surface area contributed by atoms with Crippen LogP contribution >= 0.6 is 0 Å². The minimum absolute atomic E-state index is 0.0569. The van der Waals surface area contributed by atoms with Crippen molar-refractivity contribution in [2.75, 3.05) is 20.3 Å². The Bertz CT molecular complexity index is 547. The average molecular weight is 261 g/mol. The Morgan fingerprint density at radius 3 is 2.68 bits per heavy atom. The largest absolute Gasteiger partial charge is 0.496 e. The van der Waals surface area contributed by atoms with Gasteiger partial charge in [-0.1, -0.05) is 0 Å². The van der Waals surface area contributed by atoms with Gasteiger partial charge in [-0.3, -0.25) is 9.79 Å². The maximum absolute atomic E-state index is 12.4. The second kappa shape index (κ2) is 5.43. The molecular weight excluding hydrogens is 242 g/mol. The smallest absolute Gasteiger partial charge is 0.191 e. The van der Waals surface area contributed by atoms with E-state index >= 15 is 0 Å². The molecule has 2 rings (SSSR count). The van der Waals surface area contributed by atoms with Gasteiger partial charge in [0.1, 0.15) is 12.4 Å². The van der Waals surface area contributed by atoms with E-state index in [0.717, 1.165) is 28.0 Å². The molecule has 0 spiro atoms. The van der Waals surface area contributed by atoms with Gasteiger partial charge in [0.05, 0.1) is 20.1 Å². The highest BCUT2D eigenvalue weighted by Crippen LogP contribution is 2.28. The zero-order valence-corrected chi connectivity index (χ0v) is 11.9. The van der Waals surface area contributed by atoms with E-state index in [1.807, 2.05) is 26.8 Å². The van der Waals surface area contributed by atoms with Crippen LogP contribution in [-0.2, 0) is 4.74 Å². The first-order chi connectivity index (χ1) is 9.04. The molecule has 1 aliphatic rings. The van der Waals surface area contributed by atoms with Gasteiger partial charge in [0.2, 0.25) is 0 Å². The van der Waals surface area contributed by atoms with Crippen molar-refractivity contribution in [3.63, 3.8) is 0 Å². The van der Waals surface area contributed by atoms with Crippen molar-refractivity contribution < 1.29 is 14.3 Å². The van der Waals surface area contributed by atoms with Crippen LogP contribution in [0.2, 0.25) is 0 Å². The van der Waals surface area contributed by atoms with Crippen LogP contribution in [0.3, 0.4) is 0 Å². The molecule has 0 fully saturated rings. The lowest BCUT2D eigenvalue weighted by Crippen LogP contribution is -2.12. The molecule has 1 aromatic rings. The SMILES string of the molecule is COc1cc(C)c(C(=O)CC2=NCCO2)c(C)c1C. The highest BCUT2D eigenvalue weighted by atomic mass is 16.5. The van der Waals surface area contributed by atoms with E-state index < -0.39 is 0 Å². The predicted octanol–water partition coefficient (Wildman–Crippen LogP) is 2.62. The summed E-state index contributed by atoms with van der Waals surface area (Å²) in [5.41, 5.74) is 3.67. The van der Waals surface area contributed by atoms with Crippen LogP contribution in [0, 0.1) is 20.8 Å². The van der Waals surface area contributed by atoms with E-state index in [4.69, 9.17) is 9.47 Å².